The minimum atomic E-state index is -0.469. The zero-order valence-corrected chi connectivity index (χ0v) is 17.3. The van der Waals surface area contributed by atoms with E-state index in [4.69, 9.17) is 4.74 Å². The summed E-state index contributed by atoms with van der Waals surface area (Å²) in [4.78, 5) is 14.7. The van der Waals surface area contributed by atoms with Gasteiger partial charge in [0.25, 0.3) is 0 Å². The first kappa shape index (κ1) is 18.8. The van der Waals surface area contributed by atoms with Crippen LogP contribution in [0.2, 0.25) is 0 Å². The number of carbonyl (C=O) groups excluding carboxylic acids is 1. The lowest BCUT2D eigenvalue weighted by Crippen LogP contribution is -2.26. The van der Waals surface area contributed by atoms with Crippen LogP contribution in [-0.2, 0) is 4.79 Å². The van der Waals surface area contributed by atoms with E-state index in [1.807, 2.05) is 42.5 Å². The highest BCUT2D eigenvalue weighted by Gasteiger charge is 2.37. The Balaban J connectivity index is 1.66. The van der Waals surface area contributed by atoms with Crippen molar-refractivity contribution >= 4 is 28.5 Å². The van der Waals surface area contributed by atoms with Gasteiger partial charge in [-0.1, -0.05) is 30.3 Å². The molecule has 0 saturated carbocycles. The maximum atomic E-state index is 13.4. The van der Waals surface area contributed by atoms with Crippen molar-refractivity contribution in [2.75, 3.05) is 17.7 Å². The molecule has 2 heterocycles. The van der Waals surface area contributed by atoms with Crippen LogP contribution in [0.5, 0.6) is 11.5 Å². The molecule has 3 N–H and O–H groups in total. The number of Topliss-reactive ketones (excluding diaryl/α,β-unsaturated/α-hetero) is 1. The van der Waals surface area contributed by atoms with Crippen LogP contribution in [0.15, 0.2) is 71.2 Å². The third-order valence-corrected chi connectivity index (χ3v) is 6.85. The Kier molecular flexibility index (Phi) is 4.71. The molecule has 1 aliphatic heterocycles. The molecular formula is C24H22N2O3S. The maximum Gasteiger partial charge on any atom is 0.163 e. The van der Waals surface area contributed by atoms with Crippen LogP contribution in [-0.4, -0.2) is 18.0 Å². The predicted octanol–water partition coefficient (Wildman–Crippen LogP) is 5.44. The molecule has 3 aromatic rings. The van der Waals surface area contributed by atoms with Crippen molar-refractivity contribution in [2.24, 2.45) is 0 Å². The number of thiophene rings is 1. The molecule has 0 unspecified atom stereocenters. The number of ether oxygens (including phenoxy) is 1. The number of phenolic OH excluding ortho intramolecular Hbond substituents is 1. The molecule has 2 aliphatic rings. The fourth-order valence-electron chi connectivity index (χ4n) is 4.39. The molecule has 1 aliphatic carbocycles. The van der Waals surface area contributed by atoms with Gasteiger partial charge in [-0.15, -0.1) is 11.3 Å². The van der Waals surface area contributed by atoms with Gasteiger partial charge in [-0.3, -0.25) is 4.79 Å². The number of phenols is 1. The predicted molar refractivity (Wildman–Crippen MR) is 119 cm³/mol. The van der Waals surface area contributed by atoms with Crippen molar-refractivity contribution in [1.82, 2.24) is 0 Å². The lowest BCUT2D eigenvalue weighted by atomic mass is 9.80. The highest BCUT2D eigenvalue weighted by atomic mass is 32.1. The Hall–Kier alpha value is -3.25. The fraction of sp³-hybridized carbons (Fsp3) is 0.208. The van der Waals surface area contributed by atoms with Crippen molar-refractivity contribution in [2.45, 2.75) is 24.8 Å². The summed E-state index contributed by atoms with van der Waals surface area (Å²) in [5.41, 5.74) is 4.04. The van der Waals surface area contributed by atoms with Crippen LogP contribution in [0.1, 0.15) is 35.2 Å². The van der Waals surface area contributed by atoms with Crippen LogP contribution in [0, 0.1) is 0 Å². The van der Waals surface area contributed by atoms with Gasteiger partial charge in [0.2, 0.25) is 0 Å². The fourth-order valence-corrected chi connectivity index (χ4v) is 5.22. The second-order valence-corrected chi connectivity index (χ2v) is 8.56. The summed E-state index contributed by atoms with van der Waals surface area (Å²) < 4.78 is 5.31. The van der Waals surface area contributed by atoms with E-state index in [2.05, 4.69) is 22.1 Å². The summed E-state index contributed by atoms with van der Waals surface area (Å²) in [6, 6.07) is 17.0. The van der Waals surface area contributed by atoms with E-state index in [1.165, 1.54) is 12.0 Å². The van der Waals surface area contributed by atoms with E-state index in [0.29, 0.717) is 23.3 Å². The Labute approximate surface area is 179 Å². The number of rotatable bonds is 3. The Morgan fingerprint density at radius 1 is 1.03 bits per heavy atom. The van der Waals surface area contributed by atoms with Gasteiger partial charge in [0.1, 0.15) is 0 Å². The molecule has 5 rings (SSSR count). The van der Waals surface area contributed by atoms with Gasteiger partial charge in [-0.2, -0.15) is 0 Å². The summed E-state index contributed by atoms with van der Waals surface area (Å²) in [5, 5.41) is 19.9. The highest BCUT2D eigenvalue weighted by Crippen LogP contribution is 2.47. The van der Waals surface area contributed by atoms with Crippen molar-refractivity contribution in [1.29, 1.82) is 0 Å². The van der Waals surface area contributed by atoms with Gasteiger partial charge in [0, 0.05) is 34.0 Å². The van der Waals surface area contributed by atoms with E-state index >= 15 is 0 Å². The SMILES string of the molecule is COc1cccc([C@H]2Nc3ccccc3NC3=C2C(=O)C[C@@H](c2cccs2)C3)c1O. The number of carbonyl (C=O) groups is 1. The van der Waals surface area contributed by atoms with E-state index in [0.717, 1.165) is 23.5 Å². The molecular weight excluding hydrogens is 396 g/mol. The normalized spacial score (nSPS) is 20.5. The number of anilines is 2. The Morgan fingerprint density at radius 3 is 2.63 bits per heavy atom. The second-order valence-electron chi connectivity index (χ2n) is 7.58. The van der Waals surface area contributed by atoms with Crippen molar-refractivity contribution in [3.05, 3.63) is 81.7 Å². The summed E-state index contributed by atoms with van der Waals surface area (Å²) >= 11 is 1.69. The van der Waals surface area contributed by atoms with Crippen LogP contribution >= 0.6 is 11.3 Å². The minimum Gasteiger partial charge on any atom is -0.504 e. The molecule has 0 fully saturated rings. The lowest BCUT2D eigenvalue weighted by molar-refractivity contribution is -0.116. The molecule has 0 radical (unpaired) electrons. The molecule has 0 saturated heterocycles. The van der Waals surface area contributed by atoms with Gasteiger partial charge >= 0.3 is 0 Å². The number of allylic oxidation sites excluding steroid dienone is 1. The maximum absolute atomic E-state index is 13.4. The second kappa shape index (κ2) is 7.54. The molecule has 0 spiro atoms. The number of hydrogen-bond acceptors (Lipinski definition) is 6. The molecule has 30 heavy (non-hydrogen) atoms. The number of benzene rings is 2. The number of hydrogen-bond donors (Lipinski definition) is 3. The first-order valence-electron chi connectivity index (χ1n) is 9.93. The van der Waals surface area contributed by atoms with Gasteiger partial charge in [-0.05, 0) is 36.1 Å². The minimum absolute atomic E-state index is 0.0527. The third-order valence-electron chi connectivity index (χ3n) is 5.82. The number of para-hydroxylation sites is 3. The molecule has 6 heteroatoms. The number of fused-ring (bicyclic) bond motifs is 1. The van der Waals surface area contributed by atoms with E-state index < -0.39 is 6.04 Å². The summed E-state index contributed by atoms with van der Waals surface area (Å²) in [6.07, 6.45) is 1.21. The molecule has 152 valence electrons. The first-order chi connectivity index (χ1) is 14.7. The quantitative estimate of drug-likeness (QED) is 0.528. The standard InChI is InChI=1S/C24H22N2O3S/c1-29-20-9-4-6-15(24(20)28)23-22-18(25-16-7-2-3-8-17(16)26-23)12-14(13-19(22)27)21-10-5-11-30-21/h2-11,14,23,25-26,28H,12-13H2,1H3/t14-,23+/m0/s1. The number of aromatic hydroxyl groups is 1. The van der Waals surface area contributed by atoms with Crippen LogP contribution in [0.4, 0.5) is 11.4 Å². The van der Waals surface area contributed by atoms with Crippen molar-refractivity contribution in [3.8, 4) is 11.5 Å². The molecule has 2 atom stereocenters. The van der Waals surface area contributed by atoms with Crippen LogP contribution < -0.4 is 15.4 Å². The van der Waals surface area contributed by atoms with Crippen LogP contribution in [0.3, 0.4) is 0 Å². The Morgan fingerprint density at radius 2 is 1.87 bits per heavy atom. The largest absolute Gasteiger partial charge is 0.504 e. The van der Waals surface area contributed by atoms with E-state index in [-0.39, 0.29) is 17.5 Å². The van der Waals surface area contributed by atoms with Crippen molar-refractivity contribution in [3.63, 3.8) is 0 Å². The van der Waals surface area contributed by atoms with Gasteiger partial charge in [-0.25, -0.2) is 0 Å². The average molecular weight is 419 g/mol. The zero-order chi connectivity index (χ0) is 20.7. The monoisotopic (exact) mass is 418 g/mol. The Bertz CT molecular complexity index is 1140. The summed E-state index contributed by atoms with van der Waals surface area (Å²) in [7, 11) is 1.53. The summed E-state index contributed by atoms with van der Waals surface area (Å²) in [6.45, 7) is 0. The zero-order valence-electron chi connectivity index (χ0n) is 16.5. The van der Waals surface area contributed by atoms with Crippen LogP contribution in [0.25, 0.3) is 0 Å². The van der Waals surface area contributed by atoms with Gasteiger partial charge < -0.3 is 20.5 Å². The molecule has 0 bridgehead atoms. The number of ketones is 1. The molecule has 5 nitrogen and oxygen atoms in total. The molecule has 1 aromatic heterocycles. The number of methoxy groups -OCH3 is 1. The van der Waals surface area contributed by atoms with Crippen molar-refractivity contribution < 1.29 is 14.6 Å². The first-order valence-corrected chi connectivity index (χ1v) is 10.8. The van der Waals surface area contributed by atoms with E-state index in [9.17, 15) is 9.90 Å². The lowest BCUT2D eigenvalue weighted by Gasteiger charge is -2.29. The smallest absolute Gasteiger partial charge is 0.163 e. The topological polar surface area (TPSA) is 70.6 Å². The van der Waals surface area contributed by atoms with E-state index in [1.54, 1.807) is 17.4 Å². The average Bonchev–Trinajstić information content (AvgIpc) is 3.23. The number of nitrogens with one attached hydrogen (secondary N) is 2. The third kappa shape index (κ3) is 3.13. The molecule has 2 aromatic carbocycles. The van der Waals surface area contributed by atoms with Gasteiger partial charge in [0.15, 0.2) is 17.3 Å². The van der Waals surface area contributed by atoms with Gasteiger partial charge in [0.05, 0.1) is 24.5 Å². The highest BCUT2D eigenvalue weighted by molar-refractivity contribution is 7.10. The molecule has 0 amide bonds. The summed E-state index contributed by atoms with van der Waals surface area (Å²) in [5.74, 6) is 0.696.